The van der Waals surface area contributed by atoms with Gasteiger partial charge in [-0.3, -0.25) is 4.90 Å². The second kappa shape index (κ2) is 2.70. The van der Waals surface area contributed by atoms with Gasteiger partial charge in [0.15, 0.2) is 0 Å². The molecule has 2 rings (SSSR count). The number of alkyl halides is 1. The monoisotopic (exact) mass is 364 g/mol. The molecule has 0 bridgehead atoms. The number of hydrogen-bond acceptors (Lipinski definition) is 2. The van der Waals surface area contributed by atoms with Gasteiger partial charge in [0.25, 0.3) is 0 Å². The largest absolute Gasteiger partial charge is 0.293 e. The molecular weight excluding hydrogens is 354 g/mol. The fourth-order valence-corrected chi connectivity index (χ4v) is 3.80. The summed E-state index contributed by atoms with van der Waals surface area (Å²) in [5, 5.41) is 0. The van der Waals surface area contributed by atoms with E-state index >= 15 is 0 Å². The van der Waals surface area contributed by atoms with Gasteiger partial charge in [0.2, 0.25) is 0 Å². The van der Waals surface area contributed by atoms with Crippen molar-refractivity contribution in [1.82, 2.24) is 8.01 Å². The lowest BCUT2D eigenvalue weighted by Crippen LogP contribution is -2.69. The lowest BCUT2D eigenvalue weighted by atomic mass is 9.75. The fraction of sp³-hybridized carbons (Fsp3) is 1.00. The molecule has 2 heterocycles. The molecule has 2 aliphatic heterocycles. The number of halogens is 2. The van der Waals surface area contributed by atoms with Crippen LogP contribution in [0.4, 0.5) is 0 Å². The normalized spacial score (nSPS) is 31.8. The molecular formula is C6H10I2N2. The summed E-state index contributed by atoms with van der Waals surface area (Å²) in [4.78, 5) is 2.50. The highest BCUT2D eigenvalue weighted by atomic mass is 127. The van der Waals surface area contributed by atoms with Gasteiger partial charge in [0, 0.05) is 54.5 Å². The molecule has 0 N–H and O–H groups in total. The Kier molecular flexibility index (Phi) is 2.16. The third kappa shape index (κ3) is 1.21. The van der Waals surface area contributed by atoms with E-state index in [4.69, 9.17) is 0 Å². The summed E-state index contributed by atoms with van der Waals surface area (Å²) in [6.07, 6.45) is 0. The molecule has 0 aromatic heterocycles. The maximum Gasteiger partial charge on any atom is 0.0506 e. The van der Waals surface area contributed by atoms with Gasteiger partial charge in [-0.25, -0.2) is 3.11 Å². The zero-order valence-electron chi connectivity index (χ0n) is 5.69. The molecule has 0 aliphatic carbocycles. The van der Waals surface area contributed by atoms with E-state index in [9.17, 15) is 0 Å². The van der Waals surface area contributed by atoms with E-state index in [1.165, 1.54) is 30.7 Å². The number of rotatable bonds is 1. The van der Waals surface area contributed by atoms with Crippen LogP contribution in [0.1, 0.15) is 0 Å². The summed E-state index contributed by atoms with van der Waals surface area (Å²) in [7, 11) is 0. The van der Waals surface area contributed by atoms with E-state index in [0.29, 0.717) is 0 Å². The van der Waals surface area contributed by atoms with Crippen LogP contribution < -0.4 is 0 Å². The van der Waals surface area contributed by atoms with Gasteiger partial charge in [-0.15, -0.1) is 0 Å². The molecule has 0 saturated carbocycles. The van der Waals surface area contributed by atoms with Crippen molar-refractivity contribution in [2.75, 3.05) is 30.7 Å². The minimum Gasteiger partial charge on any atom is -0.293 e. The lowest BCUT2D eigenvalue weighted by Gasteiger charge is -2.58. The Morgan fingerprint density at radius 1 is 1.20 bits per heavy atom. The molecule has 0 aromatic carbocycles. The average Bonchev–Trinajstić information content (AvgIpc) is 1.74. The Balaban J connectivity index is 1.80. The Hall–Kier alpha value is 1.38. The maximum atomic E-state index is 2.50. The topological polar surface area (TPSA) is 6.48 Å². The maximum absolute atomic E-state index is 2.50. The molecule has 0 radical (unpaired) electrons. The van der Waals surface area contributed by atoms with Crippen molar-refractivity contribution in [3.8, 4) is 0 Å². The summed E-state index contributed by atoms with van der Waals surface area (Å²) in [5.41, 5.74) is 0.729. The van der Waals surface area contributed by atoms with E-state index in [1.54, 1.807) is 0 Å². The van der Waals surface area contributed by atoms with Crippen LogP contribution in [0.5, 0.6) is 0 Å². The smallest absolute Gasteiger partial charge is 0.0506 e. The van der Waals surface area contributed by atoms with E-state index in [2.05, 4.69) is 53.5 Å². The van der Waals surface area contributed by atoms with Crippen LogP contribution in [-0.2, 0) is 0 Å². The summed E-state index contributed by atoms with van der Waals surface area (Å²) in [5.74, 6) is 0. The zero-order valence-corrected chi connectivity index (χ0v) is 10.0. The van der Waals surface area contributed by atoms with Gasteiger partial charge >= 0.3 is 0 Å². The Labute approximate surface area is 89.0 Å². The SMILES string of the molecule is ICN1CC2(CN(I)C2)C1. The van der Waals surface area contributed by atoms with E-state index in [0.717, 1.165) is 5.41 Å². The summed E-state index contributed by atoms with van der Waals surface area (Å²) >= 11 is 4.85. The third-order valence-electron chi connectivity index (χ3n) is 2.30. The molecule has 2 nitrogen and oxygen atoms in total. The van der Waals surface area contributed by atoms with E-state index < -0.39 is 0 Å². The summed E-state index contributed by atoms with van der Waals surface area (Å²) < 4.78 is 3.59. The molecule has 2 fully saturated rings. The lowest BCUT2D eigenvalue weighted by molar-refractivity contribution is -0.0573. The molecule has 4 heteroatoms. The predicted octanol–water partition coefficient (Wildman–Crippen LogP) is 1.35. The highest BCUT2D eigenvalue weighted by molar-refractivity contribution is 14.1. The van der Waals surface area contributed by atoms with Crippen molar-refractivity contribution in [3.05, 3.63) is 0 Å². The minimum absolute atomic E-state index is 0.729. The molecule has 2 saturated heterocycles. The second-order valence-corrected chi connectivity index (χ2v) is 5.43. The minimum atomic E-state index is 0.729. The van der Waals surface area contributed by atoms with Crippen molar-refractivity contribution >= 4 is 45.5 Å². The van der Waals surface area contributed by atoms with Crippen molar-refractivity contribution in [3.63, 3.8) is 0 Å². The first-order chi connectivity index (χ1) is 4.74. The third-order valence-corrected chi connectivity index (χ3v) is 3.95. The number of nitrogens with zero attached hydrogens (tertiary/aromatic N) is 2. The molecule has 10 heavy (non-hydrogen) atoms. The van der Waals surface area contributed by atoms with Crippen LogP contribution in [0, 0.1) is 5.41 Å². The Morgan fingerprint density at radius 3 is 2.20 bits per heavy atom. The zero-order chi connectivity index (χ0) is 7.19. The van der Waals surface area contributed by atoms with Gasteiger partial charge in [-0.05, 0) is 0 Å². The van der Waals surface area contributed by atoms with Crippen LogP contribution in [0.2, 0.25) is 0 Å². The van der Waals surface area contributed by atoms with Gasteiger partial charge in [-0.2, -0.15) is 0 Å². The molecule has 58 valence electrons. The van der Waals surface area contributed by atoms with E-state index in [1.807, 2.05) is 0 Å². The van der Waals surface area contributed by atoms with Crippen LogP contribution in [-0.4, -0.2) is 38.7 Å². The number of likely N-dealkylation sites (tertiary alicyclic amines) is 1. The van der Waals surface area contributed by atoms with Gasteiger partial charge in [-0.1, -0.05) is 22.6 Å². The molecule has 1 spiro atoms. The second-order valence-electron chi connectivity index (χ2n) is 3.39. The fourth-order valence-electron chi connectivity index (χ4n) is 1.87. The average molecular weight is 364 g/mol. The van der Waals surface area contributed by atoms with Gasteiger partial charge in [0.1, 0.15) is 0 Å². The highest BCUT2D eigenvalue weighted by Gasteiger charge is 2.50. The summed E-state index contributed by atoms with van der Waals surface area (Å²) in [6.45, 7) is 5.33. The Bertz CT molecular complexity index is 137. The van der Waals surface area contributed by atoms with Crippen LogP contribution in [0.25, 0.3) is 0 Å². The Morgan fingerprint density at radius 2 is 1.80 bits per heavy atom. The van der Waals surface area contributed by atoms with Gasteiger partial charge < -0.3 is 0 Å². The van der Waals surface area contributed by atoms with Crippen molar-refractivity contribution < 1.29 is 0 Å². The van der Waals surface area contributed by atoms with Crippen LogP contribution >= 0.6 is 45.5 Å². The summed E-state index contributed by atoms with van der Waals surface area (Å²) in [6, 6.07) is 0. The van der Waals surface area contributed by atoms with Crippen molar-refractivity contribution in [2.45, 2.75) is 0 Å². The molecule has 0 amide bonds. The van der Waals surface area contributed by atoms with Crippen LogP contribution in [0.15, 0.2) is 0 Å². The number of hydrogen-bond donors (Lipinski definition) is 0. The molecule has 0 atom stereocenters. The van der Waals surface area contributed by atoms with Crippen LogP contribution in [0.3, 0.4) is 0 Å². The van der Waals surface area contributed by atoms with Crippen molar-refractivity contribution in [1.29, 1.82) is 0 Å². The standard InChI is InChI=1S/C6H10I2N2/c7-5-9-1-6(2-9)3-10(8)4-6/h1-5H2. The predicted molar refractivity (Wildman–Crippen MR) is 58.5 cm³/mol. The first-order valence-electron chi connectivity index (χ1n) is 3.43. The highest BCUT2D eigenvalue weighted by Crippen LogP contribution is 2.41. The quantitative estimate of drug-likeness (QED) is 0.300. The first-order valence-corrected chi connectivity index (χ1v) is 5.92. The first kappa shape index (κ1) is 8.00. The van der Waals surface area contributed by atoms with E-state index in [-0.39, 0.29) is 0 Å². The molecule has 2 aliphatic rings. The van der Waals surface area contributed by atoms with Crippen molar-refractivity contribution in [2.24, 2.45) is 5.41 Å². The van der Waals surface area contributed by atoms with Gasteiger partial charge in [0.05, 0.1) is 4.55 Å². The molecule has 0 unspecified atom stereocenters. The molecule has 0 aromatic rings.